The molecule has 0 aliphatic carbocycles. The van der Waals surface area contributed by atoms with Gasteiger partial charge in [-0.1, -0.05) is 38.1 Å². The summed E-state index contributed by atoms with van der Waals surface area (Å²) in [6.45, 7) is 4.48. The molecule has 0 unspecified atom stereocenters. The summed E-state index contributed by atoms with van der Waals surface area (Å²) in [6, 6.07) is 13.2. The molecule has 2 heterocycles. The minimum atomic E-state index is -0.123. The van der Waals surface area contributed by atoms with Crippen LogP contribution >= 0.6 is 0 Å². The first-order chi connectivity index (χ1) is 12.6. The van der Waals surface area contributed by atoms with E-state index in [2.05, 4.69) is 41.4 Å². The smallest absolute Gasteiger partial charge is 0.231 e. The van der Waals surface area contributed by atoms with Crippen LogP contribution in [0.25, 0.3) is 11.4 Å². The summed E-state index contributed by atoms with van der Waals surface area (Å²) < 4.78 is 10.6. The molecule has 3 aromatic rings. The number of benzene rings is 2. The average molecular weight is 350 g/mol. The molecule has 132 valence electrons. The van der Waals surface area contributed by atoms with Crippen LogP contribution in [-0.4, -0.2) is 32.8 Å². The Kier molecular flexibility index (Phi) is 4.12. The topological polar surface area (TPSA) is 79.1 Å². The lowest BCUT2D eigenvalue weighted by molar-refractivity contribution is 0.0961. The van der Waals surface area contributed by atoms with E-state index in [1.54, 1.807) is 18.2 Å². The van der Waals surface area contributed by atoms with Crippen molar-refractivity contribution in [2.24, 2.45) is 0 Å². The van der Waals surface area contributed by atoms with Crippen molar-refractivity contribution >= 4 is 5.78 Å². The van der Waals surface area contributed by atoms with Gasteiger partial charge in [0.25, 0.3) is 0 Å². The van der Waals surface area contributed by atoms with Gasteiger partial charge in [0.1, 0.15) is 6.54 Å². The number of fused-ring (bicyclic) bond motifs is 1. The van der Waals surface area contributed by atoms with E-state index >= 15 is 0 Å². The van der Waals surface area contributed by atoms with E-state index in [9.17, 15) is 4.79 Å². The van der Waals surface area contributed by atoms with Crippen molar-refractivity contribution in [1.82, 2.24) is 20.2 Å². The van der Waals surface area contributed by atoms with Crippen molar-refractivity contribution in [3.63, 3.8) is 0 Å². The number of rotatable bonds is 5. The molecule has 2 aromatic carbocycles. The summed E-state index contributed by atoms with van der Waals surface area (Å²) in [5.41, 5.74) is 2.64. The van der Waals surface area contributed by atoms with Gasteiger partial charge in [0, 0.05) is 11.1 Å². The Morgan fingerprint density at radius 2 is 1.88 bits per heavy atom. The molecule has 26 heavy (non-hydrogen) atoms. The lowest BCUT2D eigenvalue weighted by Gasteiger charge is -2.04. The number of nitrogens with zero attached hydrogens (tertiary/aromatic N) is 4. The molecule has 0 saturated carbocycles. The number of Topliss-reactive ketones (excluding diaryl/α,β-unsaturated/α-hetero) is 1. The number of carbonyl (C=O) groups is 1. The Balaban J connectivity index is 1.48. The highest BCUT2D eigenvalue weighted by Crippen LogP contribution is 2.32. The number of hydrogen-bond acceptors (Lipinski definition) is 6. The molecular weight excluding hydrogens is 332 g/mol. The van der Waals surface area contributed by atoms with Gasteiger partial charge in [0.2, 0.25) is 12.6 Å². The first-order valence-corrected chi connectivity index (χ1v) is 8.41. The molecule has 1 aliphatic heterocycles. The van der Waals surface area contributed by atoms with E-state index in [0.29, 0.717) is 28.8 Å². The molecule has 7 nitrogen and oxygen atoms in total. The lowest BCUT2D eigenvalue weighted by Crippen LogP contribution is -2.13. The summed E-state index contributed by atoms with van der Waals surface area (Å²) in [6.07, 6.45) is 0. The van der Waals surface area contributed by atoms with E-state index < -0.39 is 0 Å². The molecule has 0 atom stereocenters. The zero-order valence-corrected chi connectivity index (χ0v) is 14.5. The van der Waals surface area contributed by atoms with E-state index in [0.717, 1.165) is 5.56 Å². The van der Waals surface area contributed by atoms with E-state index in [1.807, 2.05) is 12.1 Å². The number of aromatic nitrogens is 4. The van der Waals surface area contributed by atoms with Crippen LogP contribution in [0.3, 0.4) is 0 Å². The fourth-order valence-corrected chi connectivity index (χ4v) is 2.73. The SMILES string of the molecule is CC(C)c1ccc(-c2nnn(CC(=O)c3ccc4c(c3)OCO4)n2)cc1. The molecule has 7 heteroatoms. The van der Waals surface area contributed by atoms with Gasteiger partial charge in [-0.15, -0.1) is 10.2 Å². The van der Waals surface area contributed by atoms with Gasteiger partial charge in [-0.2, -0.15) is 4.80 Å². The van der Waals surface area contributed by atoms with Crippen molar-refractivity contribution in [3.05, 3.63) is 53.6 Å². The van der Waals surface area contributed by atoms with Gasteiger partial charge >= 0.3 is 0 Å². The van der Waals surface area contributed by atoms with Crippen LogP contribution < -0.4 is 9.47 Å². The standard InChI is InChI=1S/C19H18N4O3/c1-12(2)13-3-5-14(6-4-13)19-20-22-23(21-19)10-16(24)15-7-8-17-18(9-15)26-11-25-17/h3-9,12H,10-11H2,1-2H3. The van der Waals surface area contributed by atoms with Gasteiger partial charge in [0.15, 0.2) is 17.3 Å². The number of hydrogen-bond donors (Lipinski definition) is 0. The van der Waals surface area contributed by atoms with Crippen LogP contribution in [0.4, 0.5) is 0 Å². The third-order valence-electron chi connectivity index (χ3n) is 4.27. The molecule has 0 bridgehead atoms. The molecule has 4 rings (SSSR count). The second-order valence-corrected chi connectivity index (χ2v) is 6.41. The van der Waals surface area contributed by atoms with Crippen LogP contribution in [0.5, 0.6) is 11.5 Å². The zero-order valence-electron chi connectivity index (χ0n) is 14.5. The molecule has 1 aliphatic rings. The van der Waals surface area contributed by atoms with Crippen LogP contribution in [0.1, 0.15) is 35.7 Å². The van der Waals surface area contributed by atoms with Crippen molar-refractivity contribution in [3.8, 4) is 22.9 Å². The lowest BCUT2D eigenvalue weighted by atomic mass is 10.0. The molecule has 0 amide bonds. The Labute approximate surface area is 150 Å². The van der Waals surface area contributed by atoms with Gasteiger partial charge in [-0.05, 0) is 34.9 Å². The predicted molar refractivity (Wildman–Crippen MR) is 94.2 cm³/mol. The van der Waals surface area contributed by atoms with Gasteiger partial charge in [0.05, 0.1) is 0 Å². The third kappa shape index (κ3) is 3.15. The highest BCUT2D eigenvalue weighted by Gasteiger charge is 2.17. The Morgan fingerprint density at radius 3 is 2.65 bits per heavy atom. The molecule has 0 spiro atoms. The maximum absolute atomic E-state index is 12.5. The Hall–Kier alpha value is -3.22. The average Bonchev–Trinajstić information content (AvgIpc) is 3.30. The largest absolute Gasteiger partial charge is 0.454 e. The monoisotopic (exact) mass is 350 g/mol. The first-order valence-electron chi connectivity index (χ1n) is 8.41. The second-order valence-electron chi connectivity index (χ2n) is 6.41. The molecule has 0 radical (unpaired) electrons. The third-order valence-corrected chi connectivity index (χ3v) is 4.27. The molecule has 1 aromatic heterocycles. The van der Waals surface area contributed by atoms with Crippen LogP contribution in [0.15, 0.2) is 42.5 Å². The highest BCUT2D eigenvalue weighted by atomic mass is 16.7. The highest BCUT2D eigenvalue weighted by molar-refractivity contribution is 5.96. The molecule has 0 fully saturated rings. The maximum atomic E-state index is 12.5. The zero-order chi connectivity index (χ0) is 18.1. The molecule has 0 saturated heterocycles. The second kappa shape index (κ2) is 6.59. The summed E-state index contributed by atoms with van der Waals surface area (Å²) in [7, 11) is 0. The number of ketones is 1. The maximum Gasteiger partial charge on any atom is 0.231 e. The quantitative estimate of drug-likeness (QED) is 0.658. The van der Waals surface area contributed by atoms with Gasteiger partial charge < -0.3 is 9.47 Å². The number of tetrazole rings is 1. The minimum absolute atomic E-state index is 0.0106. The van der Waals surface area contributed by atoms with Crippen LogP contribution in [-0.2, 0) is 6.54 Å². The van der Waals surface area contributed by atoms with E-state index in [1.165, 1.54) is 10.4 Å². The van der Waals surface area contributed by atoms with E-state index in [4.69, 9.17) is 9.47 Å². The molecule has 0 N–H and O–H groups in total. The van der Waals surface area contributed by atoms with Crippen LogP contribution in [0.2, 0.25) is 0 Å². The number of ether oxygens (including phenoxy) is 2. The van der Waals surface area contributed by atoms with Crippen molar-refractivity contribution in [1.29, 1.82) is 0 Å². The fraction of sp³-hybridized carbons (Fsp3) is 0.263. The van der Waals surface area contributed by atoms with Gasteiger partial charge in [-0.25, -0.2) is 0 Å². The van der Waals surface area contributed by atoms with Crippen molar-refractivity contribution < 1.29 is 14.3 Å². The summed E-state index contributed by atoms with van der Waals surface area (Å²) in [5.74, 6) is 2.06. The summed E-state index contributed by atoms with van der Waals surface area (Å²) in [5, 5.41) is 12.3. The van der Waals surface area contributed by atoms with Crippen LogP contribution in [0, 0.1) is 0 Å². The van der Waals surface area contributed by atoms with Crippen molar-refractivity contribution in [2.75, 3.05) is 6.79 Å². The minimum Gasteiger partial charge on any atom is -0.454 e. The van der Waals surface area contributed by atoms with Crippen molar-refractivity contribution in [2.45, 2.75) is 26.3 Å². The van der Waals surface area contributed by atoms with Gasteiger partial charge in [-0.3, -0.25) is 4.79 Å². The summed E-state index contributed by atoms with van der Waals surface area (Å²) in [4.78, 5) is 13.8. The molecular formula is C19H18N4O3. The Morgan fingerprint density at radius 1 is 1.12 bits per heavy atom. The summed E-state index contributed by atoms with van der Waals surface area (Å²) >= 11 is 0. The van der Waals surface area contributed by atoms with E-state index in [-0.39, 0.29) is 19.1 Å². The predicted octanol–water partition coefficient (Wildman–Crippen LogP) is 3.08. The fourth-order valence-electron chi connectivity index (χ4n) is 2.73. The Bertz CT molecular complexity index is 948. The first kappa shape index (κ1) is 16.3. The number of carbonyl (C=O) groups excluding carboxylic acids is 1. The normalized spacial score (nSPS) is 12.6.